The molecule has 10 unspecified atom stereocenters. The van der Waals surface area contributed by atoms with Gasteiger partial charge in [-0.1, -0.05) is 24.6 Å². The zero-order valence-electron chi connectivity index (χ0n) is 26.6. The molecule has 2 fully saturated rings. The SMILES string of the molecule is CC(=O)NC1C(OC(C)C)OC(CO)C(O)C1OC1CC(C(=O)NCCSSc2ncccc2[N+](=O)[O-])C(CC(C)C)C(O)C1O. The van der Waals surface area contributed by atoms with Gasteiger partial charge < -0.3 is 45.3 Å². The fourth-order valence-electron chi connectivity index (χ4n) is 5.80. The number of nitrogens with zero attached hydrogens (tertiary/aromatic N) is 2. The molecule has 0 spiro atoms. The summed E-state index contributed by atoms with van der Waals surface area (Å²) in [7, 11) is 2.42. The van der Waals surface area contributed by atoms with Crippen LogP contribution in [0.2, 0.25) is 0 Å². The molecule has 1 aliphatic carbocycles. The second-order valence-electron chi connectivity index (χ2n) is 12.2. The minimum Gasteiger partial charge on any atom is -0.394 e. The van der Waals surface area contributed by atoms with Gasteiger partial charge in [-0.3, -0.25) is 19.7 Å². The number of carbonyl (C=O) groups is 2. The molecule has 1 saturated heterocycles. The van der Waals surface area contributed by atoms with Crippen LogP contribution in [-0.4, -0.2) is 116 Å². The predicted molar refractivity (Wildman–Crippen MR) is 170 cm³/mol. The lowest BCUT2D eigenvalue weighted by Gasteiger charge is -2.48. The number of ether oxygens (including phenoxy) is 3. The summed E-state index contributed by atoms with van der Waals surface area (Å²) in [6, 6.07) is 1.82. The van der Waals surface area contributed by atoms with E-state index < -0.39 is 78.2 Å². The number of rotatable bonds is 15. The Morgan fingerprint density at radius 2 is 1.91 bits per heavy atom. The summed E-state index contributed by atoms with van der Waals surface area (Å²) in [5.74, 6) is -1.68. The van der Waals surface area contributed by atoms with Crippen molar-refractivity contribution in [2.24, 2.45) is 17.8 Å². The monoisotopic (exact) mass is 690 g/mol. The van der Waals surface area contributed by atoms with Gasteiger partial charge in [0.25, 0.3) is 0 Å². The molecule has 1 saturated carbocycles. The number of nitro groups is 1. The van der Waals surface area contributed by atoms with Gasteiger partial charge >= 0.3 is 5.69 Å². The van der Waals surface area contributed by atoms with E-state index in [2.05, 4.69) is 15.6 Å². The Labute approximate surface area is 276 Å². The van der Waals surface area contributed by atoms with Crippen LogP contribution in [0.3, 0.4) is 0 Å². The van der Waals surface area contributed by atoms with E-state index in [9.17, 15) is 40.1 Å². The van der Waals surface area contributed by atoms with E-state index in [4.69, 9.17) is 14.2 Å². The summed E-state index contributed by atoms with van der Waals surface area (Å²) in [6.07, 6.45) is -7.21. The smallest absolute Gasteiger partial charge is 0.302 e. The fourth-order valence-corrected chi connectivity index (χ4v) is 7.73. The molecule has 0 radical (unpaired) electrons. The van der Waals surface area contributed by atoms with Crippen molar-refractivity contribution in [3.8, 4) is 0 Å². The molecule has 2 heterocycles. The molecule has 46 heavy (non-hydrogen) atoms. The number of carbonyl (C=O) groups excluding carboxylic acids is 2. The molecule has 1 aromatic heterocycles. The van der Waals surface area contributed by atoms with Gasteiger partial charge in [-0.2, -0.15) is 0 Å². The maximum Gasteiger partial charge on any atom is 0.302 e. The van der Waals surface area contributed by atoms with Crippen molar-refractivity contribution in [1.82, 2.24) is 15.6 Å². The van der Waals surface area contributed by atoms with Gasteiger partial charge in [-0.15, -0.1) is 0 Å². The summed E-state index contributed by atoms with van der Waals surface area (Å²) < 4.78 is 17.8. The van der Waals surface area contributed by atoms with Gasteiger partial charge in [0.05, 0.1) is 29.8 Å². The van der Waals surface area contributed by atoms with E-state index in [-0.39, 0.29) is 41.6 Å². The first-order valence-corrected chi connectivity index (χ1v) is 17.6. The molecule has 1 aliphatic heterocycles. The molecule has 0 aromatic carbocycles. The van der Waals surface area contributed by atoms with E-state index in [1.54, 1.807) is 13.8 Å². The van der Waals surface area contributed by atoms with Gasteiger partial charge in [0.2, 0.25) is 11.8 Å². The van der Waals surface area contributed by atoms with E-state index in [1.807, 2.05) is 13.8 Å². The lowest BCUT2D eigenvalue weighted by Crippen LogP contribution is -2.67. The number of hydrogen-bond acceptors (Lipinski definition) is 14. The lowest BCUT2D eigenvalue weighted by atomic mass is 9.70. The maximum absolute atomic E-state index is 13.5. The van der Waals surface area contributed by atoms with Crippen LogP contribution in [-0.2, 0) is 23.8 Å². The van der Waals surface area contributed by atoms with Crippen molar-refractivity contribution in [3.05, 3.63) is 28.4 Å². The Morgan fingerprint density at radius 1 is 1.20 bits per heavy atom. The number of pyridine rings is 1. The van der Waals surface area contributed by atoms with Crippen LogP contribution >= 0.6 is 21.6 Å². The van der Waals surface area contributed by atoms with Crippen molar-refractivity contribution in [2.75, 3.05) is 18.9 Å². The Hall–Kier alpha value is -2.09. The van der Waals surface area contributed by atoms with Crippen molar-refractivity contribution in [1.29, 1.82) is 0 Å². The fraction of sp³-hybridized carbons (Fsp3) is 0.759. The van der Waals surface area contributed by atoms with Crippen LogP contribution in [0, 0.1) is 27.9 Å². The van der Waals surface area contributed by atoms with Crippen molar-refractivity contribution in [2.45, 2.75) is 108 Å². The number of aromatic nitrogens is 1. The molecule has 10 atom stereocenters. The summed E-state index contributed by atoms with van der Waals surface area (Å²) in [4.78, 5) is 40.5. The molecular formula is C29H46N4O11S2. The number of amides is 2. The van der Waals surface area contributed by atoms with Gasteiger partial charge in [-0.25, -0.2) is 4.98 Å². The van der Waals surface area contributed by atoms with Crippen LogP contribution in [0.1, 0.15) is 47.5 Å². The highest BCUT2D eigenvalue weighted by molar-refractivity contribution is 8.76. The Morgan fingerprint density at radius 3 is 2.52 bits per heavy atom. The molecule has 260 valence electrons. The van der Waals surface area contributed by atoms with Crippen molar-refractivity contribution in [3.63, 3.8) is 0 Å². The highest BCUT2D eigenvalue weighted by Crippen LogP contribution is 2.39. The second kappa shape index (κ2) is 17.9. The summed E-state index contributed by atoms with van der Waals surface area (Å²) in [6.45, 7) is 8.32. The average Bonchev–Trinajstić information content (AvgIpc) is 2.98. The predicted octanol–water partition coefficient (Wildman–Crippen LogP) is 1.01. The van der Waals surface area contributed by atoms with Crippen LogP contribution in [0.5, 0.6) is 0 Å². The molecule has 6 N–H and O–H groups in total. The second-order valence-corrected chi connectivity index (χ2v) is 14.6. The zero-order valence-corrected chi connectivity index (χ0v) is 28.2. The first kappa shape index (κ1) is 38.4. The van der Waals surface area contributed by atoms with Crippen LogP contribution in [0.4, 0.5) is 5.69 Å². The van der Waals surface area contributed by atoms with Crippen LogP contribution in [0.25, 0.3) is 0 Å². The molecule has 0 bridgehead atoms. The summed E-state index contributed by atoms with van der Waals surface area (Å²) in [5.41, 5.74) is -0.107. The van der Waals surface area contributed by atoms with Gasteiger partial charge in [0, 0.05) is 37.4 Å². The standard InChI is InChI=1S/C29H46N4O11S2/c1-14(2)11-17-18(27(39)30-9-10-45-46-28-19(33(40)41)7-6-8-31-28)12-20(24(37)23(17)36)43-26-22(32-16(5)35)29(42-15(3)4)44-21(13-34)25(26)38/h6-8,14-15,17-18,20-26,29,34,36-38H,9-13H2,1-5H3,(H,30,39)(H,32,35). The largest absolute Gasteiger partial charge is 0.394 e. The zero-order chi connectivity index (χ0) is 34.1. The van der Waals surface area contributed by atoms with Crippen LogP contribution < -0.4 is 10.6 Å². The van der Waals surface area contributed by atoms with Gasteiger partial charge in [0.1, 0.15) is 30.5 Å². The molecule has 2 aliphatic rings. The molecular weight excluding hydrogens is 644 g/mol. The van der Waals surface area contributed by atoms with E-state index in [0.29, 0.717) is 12.2 Å². The molecule has 1 aromatic rings. The van der Waals surface area contributed by atoms with E-state index in [0.717, 1.165) is 10.8 Å². The topological polar surface area (TPSA) is 223 Å². The van der Waals surface area contributed by atoms with Crippen molar-refractivity contribution >= 4 is 39.1 Å². The van der Waals surface area contributed by atoms with Crippen LogP contribution in [0.15, 0.2) is 23.4 Å². The number of hydrogen-bond donors (Lipinski definition) is 6. The molecule has 17 heteroatoms. The number of nitrogens with one attached hydrogen (secondary N) is 2. The van der Waals surface area contributed by atoms with Crippen molar-refractivity contribution < 1.29 is 49.1 Å². The third-order valence-corrected chi connectivity index (χ3v) is 10.1. The first-order valence-electron chi connectivity index (χ1n) is 15.3. The minimum atomic E-state index is -1.44. The minimum absolute atomic E-state index is 0.000164. The number of aliphatic hydroxyl groups excluding tert-OH is 4. The van der Waals surface area contributed by atoms with Gasteiger partial charge in [-0.05, 0) is 55.4 Å². The molecule has 15 nitrogen and oxygen atoms in total. The average molecular weight is 691 g/mol. The third-order valence-electron chi connectivity index (χ3n) is 7.78. The highest BCUT2D eigenvalue weighted by Gasteiger charge is 2.52. The van der Waals surface area contributed by atoms with E-state index >= 15 is 0 Å². The van der Waals surface area contributed by atoms with E-state index in [1.165, 1.54) is 36.0 Å². The normalized spacial score (nSPS) is 31.5. The summed E-state index contributed by atoms with van der Waals surface area (Å²) in [5, 5.41) is 60.5. The summed E-state index contributed by atoms with van der Waals surface area (Å²) >= 11 is 0. The lowest BCUT2D eigenvalue weighted by molar-refractivity contribution is -0.388. The Bertz CT molecular complexity index is 1170. The Balaban J connectivity index is 1.75. The first-order chi connectivity index (χ1) is 21.7. The van der Waals surface area contributed by atoms with Gasteiger partial charge in [0.15, 0.2) is 11.3 Å². The quantitative estimate of drug-likeness (QED) is 0.0655. The molecule has 3 rings (SSSR count). The highest BCUT2D eigenvalue weighted by atomic mass is 33.1. The molecule has 2 amide bonds. The number of aliphatic hydroxyl groups is 4. The maximum atomic E-state index is 13.5. The Kier molecular flexibility index (Phi) is 14.9. The third kappa shape index (κ3) is 10.2.